The Balaban J connectivity index is 1.36. The van der Waals surface area contributed by atoms with Crippen LogP contribution < -0.4 is 10.1 Å². The van der Waals surface area contributed by atoms with Crippen LogP contribution in [-0.2, 0) is 27.7 Å². The number of ether oxygens (including phenoxy) is 1. The summed E-state index contributed by atoms with van der Waals surface area (Å²) in [5.41, 5.74) is 4.03. The highest BCUT2D eigenvalue weighted by atomic mass is 32.2. The second kappa shape index (κ2) is 10.3. The molecule has 1 saturated heterocycles. The molecule has 1 aliphatic carbocycles. The number of amides is 1. The third-order valence-electron chi connectivity index (χ3n) is 7.02. The second-order valence-corrected chi connectivity index (χ2v) is 11.0. The Morgan fingerprint density at radius 1 is 1.06 bits per heavy atom. The Bertz CT molecular complexity index is 1070. The van der Waals surface area contributed by atoms with Gasteiger partial charge in [0.25, 0.3) is 0 Å². The van der Waals surface area contributed by atoms with Crippen molar-refractivity contribution in [3.05, 3.63) is 59.2 Å². The minimum Gasteiger partial charge on any atom is -0.497 e. The van der Waals surface area contributed by atoms with Crippen molar-refractivity contribution < 1.29 is 17.9 Å². The maximum atomic E-state index is 13.0. The molecule has 1 N–H and O–H groups in total. The third kappa shape index (κ3) is 5.25. The maximum Gasteiger partial charge on any atom is 0.243 e. The molecule has 1 amide bonds. The summed E-state index contributed by atoms with van der Waals surface area (Å²) in [4.78, 5) is 13.3. The van der Waals surface area contributed by atoms with Crippen LogP contribution in [0.2, 0.25) is 0 Å². The molecule has 1 aliphatic heterocycles. The van der Waals surface area contributed by atoms with Gasteiger partial charge in [0.15, 0.2) is 0 Å². The van der Waals surface area contributed by atoms with E-state index in [9.17, 15) is 13.2 Å². The number of carbonyl (C=O) groups excluding carboxylic acids is 1. The van der Waals surface area contributed by atoms with Gasteiger partial charge in [0.2, 0.25) is 15.9 Å². The molecule has 7 heteroatoms. The zero-order valence-corrected chi connectivity index (χ0v) is 20.4. The molecule has 178 valence electrons. The molecule has 0 spiro atoms. The number of piperidine rings is 1. The average Bonchev–Trinajstić information content (AvgIpc) is 2.87. The lowest BCUT2D eigenvalue weighted by atomic mass is 9.88. The lowest BCUT2D eigenvalue weighted by molar-refractivity contribution is -0.126. The van der Waals surface area contributed by atoms with Crippen molar-refractivity contribution in [3.8, 4) is 5.75 Å². The molecule has 2 aromatic carbocycles. The molecule has 0 bridgehead atoms. The number of sulfonamides is 1. The molecule has 1 heterocycles. The Morgan fingerprint density at radius 3 is 2.36 bits per heavy atom. The van der Waals surface area contributed by atoms with E-state index in [-0.39, 0.29) is 22.8 Å². The number of nitrogens with zero attached hydrogens (tertiary/aromatic N) is 1. The average molecular weight is 471 g/mol. The van der Waals surface area contributed by atoms with E-state index in [0.717, 1.165) is 19.3 Å². The van der Waals surface area contributed by atoms with Crippen LogP contribution in [0.25, 0.3) is 0 Å². The van der Waals surface area contributed by atoms with Crippen molar-refractivity contribution in [2.45, 2.75) is 62.8 Å². The van der Waals surface area contributed by atoms with Crippen LogP contribution in [0, 0.1) is 5.92 Å². The fourth-order valence-electron chi connectivity index (χ4n) is 4.94. The number of nitrogens with one attached hydrogen (secondary N) is 1. The van der Waals surface area contributed by atoms with Crippen LogP contribution in [0.3, 0.4) is 0 Å². The third-order valence-corrected chi connectivity index (χ3v) is 8.93. The van der Waals surface area contributed by atoms with Crippen LogP contribution in [0.15, 0.2) is 47.4 Å². The Labute approximate surface area is 197 Å². The topological polar surface area (TPSA) is 75.7 Å². The van der Waals surface area contributed by atoms with E-state index >= 15 is 0 Å². The summed E-state index contributed by atoms with van der Waals surface area (Å²) in [6.45, 7) is 2.79. The standard InChI is InChI=1S/C26H34N2O4S/c1-3-25(22-9-8-19-6-4-5-7-21(19)18-22)27-26(29)20-14-16-28(17-15-20)33(30,31)24-12-10-23(32-2)11-13-24/h8-13,18,20,25H,3-7,14-17H2,1-2H3,(H,27,29)/t25-/m0/s1. The lowest BCUT2D eigenvalue weighted by Crippen LogP contribution is -2.43. The summed E-state index contributed by atoms with van der Waals surface area (Å²) < 4.78 is 32.5. The summed E-state index contributed by atoms with van der Waals surface area (Å²) in [7, 11) is -2.02. The molecule has 0 saturated carbocycles. The van der Waals surface area contributed by atoms with Gasteiger partial charge in [-0.15, -0.1) is 0 Å². The van der Waals surface area contributed by atoms with Gasteiger partial charge in [0.05, 0.1) is 18.0 Å². The van der Waals surface area contributed by atoms with Crippen molar-refractivity contribution in [1.82, 2.24) is 9.62 Å². The molecule has 0 unspecified atom stereocenters. The molecule has 1 atom stereocenters. The number of aryl methyl sites for hydroxylation is 2. The molecule has 0 radical (unpaired) electrons. The molecular weight excluding hydrogens is 436 g/mol. The van der Waals surface area contributed by atoms with Crippen molar-refractivity contribution >= 4 is 15.9 Å². The molecule has 33 heavy (non-hydrogen) atoms. The number of carbonyl (C=O) groups is 1. The SMILES string of the molecule is CC[C@H](NC(=O)C1CCN(S(=O)(=O)c2ccc(OC)cc2)CC1)c1ccc2c(c1)CCCC2. The summed E-state index contributed by atoms with van der Waals surface area (Å²) in [6, 6.07) is 13.1. The minimum absolute atomic E-state index is 0.00853. The number of benzene rings is 2. The van der Waals surface area contributed by atoms with Gasteiger partial charge in [-0.3, -0.25) is 4.79 Å². The van der Waals surface area contributed by atoms with Gasteiger partial charge in [-0.05, 0) is 85.9 Å². The smallest absolute Gasteiger partial charge is 0.243 e. The van der Waals surface area contributed by atoms with Crippen molar-refractivity contribution in [1.29, 1.82) is 0 Å². The number of fused-ring (bicyclic) bond motifs is 1. The normalized spacial score (nSPS) is 18.4. The van der Waals surface area contributed by atoms with Crippen LogP contribution in [0.4, 0.5) is 0 Å². The van der Waals surface area contributed by atoms with Crippen molar-refractivity contribution in [3.63, 3.8) is 0 Å². The minimum atomic E-state index is -3.57. The second-order valence-electron chi connectivity index (χ2n) is 9.06. The van der Waals surface area contributed by atoms with Gasteiger partial charge >= 0.3 is 0 Å². The van der Waals surface area contributed by atoms with Crippen LogP contribution in [-0.4, -0.2) is 38.8 Å². The highest BCUT2D eigenvalue weighted by Gasteiger charge is 2.32. The predicted octanol–water partition coefficient (Wildman–Crippen LogP) is 4.24. The Kier molecular flexibility index (Phi) is 7.39. The molecule has 2 aromatic rings. The number of methoxy groups -OCH3 is 1. The van der Waals surface area contributed by atoms with Gasteiger partial charge in [-0.25, -0.2) is 8.42 Å². The van der Waals surface area contributed by atoms with Crippen LogP contribution in [0.5, 0.6) is 5.75 Å². The van der Waals surface area contributed by atoms with E-state index in [0.29, 0.717) is 31.7 Å². The number of hydrogen-bond donors (Lipinski definition) is 1. The first-order chi connectivity index (χ1) is 15.9. The summed E-state index contributed by atoms with van der Waals surface area (Å²) in [6.07, 6.45) is 6.65. The van der Waals surface area contributed by atoms with Gasteiger partial charge < -0.3 is 10.1 Å². The molecule has 4 rings (SSSR count). The quantitative estimate of drug-likeness (QED) is 0.657. The number of rotatable bonds is 7. The molecule has 6 nitrogen and oxygen atoms in total. The van der Waals surface area contributed by atoms with Gasteiger partial charge in [0, 0.05) is 19.0 Å². The molecular formula is C26H34N2O4S. The highest BCUT2D eigenvalue weighted by Crippen LogP contribution is 2.28. The van der Waals surface area contributed by atoms with E-state index in [1.165, 1.54) is 33.8 Å². The zero-order valence-electron chi connectivity index (χ0n) is 19.5. The zero-order chi connectivity index (χ0) is 23.4. The molecule has 2 aliphatic rings. The van der Waals surface area contributed by atoms with Gasteiger partial charge in [0.1, 0.15) is 5.75 Å². The van der Waals surface area contributed by atoms with Gasteiger partial charge in [-0.1, -0.05) is 25.1 Å². The fourth-order valence-corrected chi connectivity index (χ4v) is 6.41. The van der Waals surface area contributed by atoms with Crippen molar-refractivity contribution in [2.24, 2.45) is 5.92 Å². The maximum absolute atomic E-state index is 13.0. The Morgan fingerprint density at radius 2 is 1.73 bits per heavy atom. The lowest BCUT2D eigenvalue weighted by Gasteiger charge is -2.31. The monoisotopic (exact) mass is 470 g/mol. The van der Waals surface area contributed by atoms with E-state index in [4.69, 9.17) is 4.74 Å². The summed E-state index contributed by atoms with van der Waals surface area (Å²) in [5, 5.41) is 3.24. The summed E-state index contributed by atoms with van der Waals surface area (Å²) >= 11 is 0. The van der Waals surface area contributed by atoms with E-state index in [2.05, 4.69) is 30.4 Å². The Hall–Kier alpha value is -2.38. The van der Waals surface area contributed by atoms with E-state index in [1.807, 2.05) is 0 Å². The first kappa shape index (κ1) is 23.8. The first-order valence-electron chi connectivity index (χ1n) is 12.0. The van der Waals surface area contributed by atoms with Crippen LogP contribution in [0.1, 0.15) is 61.8 Å². The van der Waals surface area contributed by atoms with Gasteiger partial charge in [-0.2, -0.15) is 4.31 Å². The fraction of sp³-hybridized carbons (Fsp3) is 0.500. The van der Waals surface area contributed by atoms with E-state index in [1.54, 1.807) is 31.4 Å². The first-order valence-corrected chi connectivity index (χ1v) is 13.4. The van der Waals surface area contributed by atoms with Crippen LogP contribution >= 0.6 is 0 Å². The van der Waals surface area contributed by atoms with E-state index < -0.39 is 10.0 Å². The number of hydrogen-bond acceptors (Lipinski definition) is 4. The molecule has 1 fully saturated rings. The summed E-state index contributed by atoms with van der Waals surface area (Å²) in [5.74, 6) is 0.480. The molecule has 0 aromatic heterocycles. The highest BCUT2D eigenvalue weighted by molar-refractivity contribution is 7.89. The predicted molar refractivity (Wildman–Crippen MR) is 129 cm³/mol. The van der Waals surface area contributed by atoms with Crippen molar-refractivity contribution in [2.75, 3.05) is 20.2 Å². The largest absolute Gasteiger partial charge is 0.497 e.